The lowest BCUT2D eigenvalue weighted by Crippen LogP contribution is -2.35. The van der Waals surface area contributed by atoms with Gasteiger partial charge in [0, 0.05) is 12.2 Å². The third kappa shape index (κ3) is 3.23. The Kier molecular flexibility index (Phi) is 4.70. The predicted molar refractivity (Wildman–Crippen MR) is 106 cm³/mol. The minimum absolute atomic E-state index is 0.0838. The van der Waals surface area contributed by atoms with E-state index in [1.165, 1.54) is 22.9 Å². The number of fused-ring (bicyclic) bond motifs is 1. The maximum absolute atomic E-state index is 13.0. The highest BCUT2D eigenvalue weighted by Gasteiger charge is 2.29. The van der Waals surface area contributed by atoms with Crippen molar-refractivity contribution in [3.63, 3.8) is 0 Å². The van der Waals surface area contributed by atoms with Crippen LogP contribution in [0.15, 0.2) is 47.6 Å². The van der Waals surface area contributed by atoms with Crippen LogP contribution in [0.2, 0.25) is 0 Å². The van der Waals surface area contributed by atoms with Gasteiger partial charge in [0.2, 0.25) is 11.1 Å². The molecule has 0 saturated carbocycles. The first-order valence-corrected chi connectivity index (χ1v) is 9.85. The van der Waals surface area contributed by atoms with Gasteiger partial charge in [-0.1, -0.05) is 42.1 Å². The highest BCUT2D eigenvalue weighted by molar-refractivity contribution is 8.00. The summed E-state index contributed by atoms with van der Waals surface area (Å²) < 4.78 is 1.72. The van der Waals surface area contributed by atoms with E-state index in [2.05, 4.69) is 41.5 Å². The highest BCUT2D eigenvalue weighted by atomic mass is 32.2. The zero-order chi connectivity index (χ0) is 19.0. The van der Waals surface area contributed by atoms with Crippen LogP contribution in [0.25, 0.3) is 5.69 Å². The van der Waals surface area contributed by atoms with Gasteiger partial charge < -0.3 is 4.90 Å². The Labute approximate surface area is 162 Å². The Balaban J connectivity index is 1.56. The summed E-state index contributed by atoms with van der Waals surface area (Å²) >= 11 is 1.39. The predicted octanol–water partition coefficient (Wildman–Crippen LogP) is 3.35. The molecule has 2 heterocycles. The topological polar surface area (TPSA) is 63.9 Å². The molecule has 138 valence electrons. The number of benzene rings is 2. The summed E-state index contributed by atoms with van der Waals surface area (Å²) in [5.74, 6) is 0.0838. The first-order chi connectivity index (χ1) is 13.1. The molecule has 1 amide bonds. The van der Waals surface area contributed by atoms with Crippen molar-refractivity contribution in [2.75, 3.05) is 11.4 Å². The van der Waals surface area contributed by atoms with Crippen LogP contribution < -0.4 is 4.90 Å². The maximum Gasteiger partial charge on any atom is 0.240 e. The molecule has 0 aliphatic carbocycles. The Hall–Kier alpha value is -2.67. The number of carbonyl (C=O) groups is 1. The van der Waals surface area contributed by atoms with Crippen LogP contribution in [0.1, 0.15) is 23.6 Å². The average molecular weight is 379 g/mol. The van der Waals surface area contributed by atoms with E-state index in [1.807, 2.05) is 42.2 Å². The van der Waals surface area contributed by atoms with E-state index < -0.39 is 0 Å². The fourth-order valence-corrected chi connectivity index (χ4v) is 4.23. The first-order valence-electron chi connectivity index (χ1n) is 8.97. The highest BCUT2D eigenvalue weighted by Crippen LogP contribution is 2.31. The van der Waals surface area contributed by atoms with E-state index in [0.29, 0.717) is 5.16 Å². The molecule has 0 N–H and O–H groups in total. The number of carbonyl (C=O) groups excluding carboxylic acids is 1. The zero-order valence-electron chi connectivity index (χ0n) is 15.6. The van der Waals surface area contributed by atoms with Crippen molar-refractivity contribution < 1.29 is 4.79 Å². The van der Waals surface area contributed by atoms with E-state index in [0.717, 1.165) is 29.9 Å². The molecule has 1 aliphatic rings. The fourth-order valence-electron chi connectivity index (χ4n) is 3.36. The first kappa shape index (κ1) is 17.7. The quantitative estimate of drug-likeness (QED) is 0.651. The Morgan fingerprint density at radius 1 is 1.11 bits per heavy atom. The van der Waals surface area contributed by atoms with Crippen LogP contribution >= 0.6 is 11.8 Å². The summed E-state index contributed by atoms with van der Waals surface area (Å²) in [5, 5.41) is 12.5. The number of aryl methyl sites for hydroxylation is 1. The fraction of sp³-hybridized carbons (Fsp3) is 0.300. The van der Waals surface area contributed by atoms with Crippen LogP contribution in [0.4, 0.5) is 5.69 Å². The van der Waals surface area contributed by atoms with Gasteiger partial charge in [-0.2, -0.15) is 4.68 Å². The number of thioether (sulfide) groups is 1. The van der Waals surface area contributed by atoms with E-state index in [-0.39, 0.29) is 11.2 Å². The molecule has 1 aliphatic heterocycles. The summed E-state index contributed by atoms with van der Waals surface area (Å²) in [6.07, 6.45) is 0.902. The summed E-state index contributed by atoms with van der Waals surface area (Å²) in [6.45, 7) is 6.75. The second-order valence-corrected chi connectivity index (χ2v) is 8.03. The summed E-state index contributed by atoms with van der Waals surface area (Å²) in [5.41, 5.74) is 5.48. The Morgan fingerprint density at radius 3 is 2.74 bits per heavy atom. The molecule has 7 heteroatoms. The molecule has 0 radical (unpaired) electrons. The largest absolute Gasteiger partial charge is 0.311 e. The van der Waals surface area contributed by atoms with Crippen molar-refractivity contribution in [3.05, 3.63) is 59.2 Å². The van der Waals surface area contributed by atoms with Gasteiger partial charge in [0.05, 0.1) is 10.9 Å². The normalized spacial score (nSPS) is 14.3. The van der Waals surface area contributed by atoms with Crippen molar-refractivity contribution in [3.8, 4) is 5.69 Å². The number of anilines is 1. The molecule has 2 aromatic carbocycles. The molecular formula is C20H21N5OS. The molecule has 0 saturated heterocycles. The number of hydrogen-bond donors (Lipinski definition) is 0. The minimum atomic E-state index is -0.286. The molecule has 6 nitrogen and oxygen atoms in total. The lowest BCUT2D eigenvalue weighted by molar-refractivity contribution is -0.117. The van der Waals surface area contributed by atoms with Gasteiger partial charge in [-0.3, -0.25) is 4.79 Å². The van der Waals surface area contributed by atoms with Gasteiger partial charge in [-0.15, -0.1) is 5.10 Å². The molecule has 1 atom stereocenters. The number of tetrazole rings is 1. The van der Waals surface area contributed by atoms with Gasteiger partial charge in [0.15, 0.2) is 0 Å². The van der Waals surface area contributed by atoms with Crippen molar-refractivity contribution >= 4 is 23.4 Å². The molecule has 1 aromatic heterocycles. The Morgan fingerprint density at radius 2 is 1.89 bits per heavy atom. The van der Waals surface area contributed by atoms with Gasteiger partial charge in [0.1, 0.15) is 0 Å². The van der Waals surface area contributed by atoms with Crippen molar-refractivity contribution in [1.82, 2.24) is 20.2 Å². The second-order valence-electron chi connectivity index (χ2n) is 6.72. The molecule has 3 aromatic rings. The SMILES string of the molecule is Cc1cccc(-n2nnnc2S[C@@H](C)C(=O)N2CCc3ccccc32)c1C. The van der Waals surface area contributed by atoms with Gasteiger partial charge in [-0.25, -0.2) is 0 Å². The number of rotatable bonds is 4. The number of para-hydroxylation sites is 1. The molecule has 0 fully saturated rings. The van der Waals surface area contributed by atoms with E-state index in [1.54, 1.807) is 4.68 Å². The van der Waals surface area contributed by atoms with Crippen LogP contribution in [-0.4, -0.2) is 37.9 Å². The molecule has 0 spiro atoms. The zero-order valence-corrected chi connectivity index (χ0v) is 16.4. The second kappa shape index (κ2) is 7.15. The number of aromatic nitrogens is 4. The number of hydrogen-bond acceptors (Lipinski definition) is 5. The summed E-state index contributed by atoms with van der Waals surface area (Å²) in [6, 6.07) is 14.1. The third-order valence-electron chi connectivity index (χ3n) is 5.03. The van der Waals surface area contributed by atoms with Crippen LogP contribution in [-0.2, 0) is 11.2 Å². The molecule has 4 rings (SSSR count). The average Bonchev–Trinajstić information content (AvgIpc) is 3.30. The van der Waals surface area contributed by atoms with Crippen LogP contribution in [0.5, 0.6) is 0 Å². The summed E-state index contributed by atoms with van der Waals surface area (Å²) in [7, 11) is 0. The minimum Gasteiger partial charge on any atom is -0.311 e. The third-order valence-corrected chi connectivity index (χ3v) is 6.05. The van der Waals surface area contributed by atoms with Crippen LogP contribution in [0.3, 0.4) is 0 Å². The number of amides is 1. The molecule has 0 bridgehead atoms. The van der Waals surface area contributed by atoms with E-state index in [9.17, 15) is 4.79 Å². The van der Waals surface area contributed by atoms with E-state index >= 15 is 0 Å². The lowest BCUT2D eigenvalue weighted by Gasteiger charge is -2.21. The smallest absolute Gasteiger partial charge is 0.240 e. The van der Waals surface area contributed by atoms with Gasteiger partial charge in [-0.05, 0) is 66.4 Å². The standard InChI is InChI=1S/C20H21N5OS/c1-13-7-6-10-17(14(13)2)25-20(21-22-23-25)27-15(3)19(26)24-12-11-16-8-4-5-9-18(16)24/h4-10,15H,11-12H2,1-3H3/t15-/m0/s1. The van der Waals surface area contributed by atoms with Gasteiger partial charge in [0.25, 0.3) is 0 Å². The Bertz CT molecular complexity index is 1000. The summed E-state index contributed by atoms with van der Waals surface area (Å²) in [4.78, 5) is 14.9. The van der Waals surface area contributed by atoms with E-state index in [4.69, 9.17) is 0 Å². The van der Waals surface area contributed by atoms with Crippen LogP contribution in [0, 0.1) is 13.8 Å². The van der Waals surface area contributed by atoms with Crippen molar-refractivity contribution in [2.24, 2.45) is 0 Å². The number of nitrogens with zero attached hydrogens (tertiary/aromatic N) is 5. The van der Waals surface area contributed by atoms with Crippen molar-refractivity contribution in [2.45, 2.75) is 37.6 Å². The van der Waals surface area contributed by atoms with Gasteiger partial charge >= 0.3 is 0 Å². The molecule has 27 heavy (non-hydrogen) atoms. The van der Waals surface area contributed by atoms with Crippen molar-refractivity contribution in [1.29, 1.82) is 0 Å². The monoisotopic (exact) mass is 379 g/mol. The molecule has 0 unspecified atom stereocenters. The molecular weight excluding hydrogens is 358 g/mol. The lowest BCUT2D eigenvalue weighted by atomic mass is 10.1. The maximum atomic E-state index is 13.0.